The largest absolute Gasteiger partial charge is 0.507 e. The van der Waals surface area contributed by atoms with Crippen LogP contribution in [0.25, 0.3) is 10.9 Å². The molecule has 0 fully saturated rings. The Hall–Kier alpha value is -2.60. The van der Waals surface area contributed by atoms with Gasteiger partial charge in [-0.15, -0.1) is 0 Å². The number of carbonyl (C=O) groups is 1. The van der Waals surface area contributed by atoms with E-state index in [4.69, 9.17) is 0 Å². The molecule has 1 aromatic heterocycles. The number of halogens is 1. The van der Waals surface area contributed by atoms with Gasteiger partial charge in [0, 0.05) is 39.6 Å². The molecule has 2 N–H and O–H groups in total. The Bertz CT molecular complexity index is 1060. The Morgan fingerprint density at radius 3 is 2.93 bits per heavy atom. The van der Waals surface area contributed by atoms with Crippen molar-refractivity contribution in [2.24, 2.45) is 5.10 Å². The molecule has 0 aliphatic heterocycles. The van der Waals surface area contributed by atoms with Crippen molar-refractivity contribution in [3.05, 3.63) is 63.8 Å². The molecule has 1 heterocycles. The minimum atomic E-state index is -0.145. The Kier molecular flexibility index (Phi) is 5.48. The van der Waals surface area contributed by atoms with Gasteiger partial charge in [0.05, 0.1) is 6.21 Å². The van der Waals surface area contributed by atoms with Gasteiger partial charge in [0.15, 0.2) is 0 Å². The number of phenolic OH excluding ortho intramolecular Hbond substituents is 1. The van der Waals surface area contributed by atoms with Gasteiger partial charge in [0.1, 0.15) is 5.75 Å². The van der Waals surface area contributed by atoms with Crippen molar-refractivity contribution < 1.29 is 9.90 Å². The highest BCUT2D eigenvalue weighted by Crippen LogP contribution is 2.32. The SMILES string of the molecule is O=C(CCn1c2c(c3ccccc31)CCCC2)N/N=C\c1cc(Br)ccc1O. The first-order chi connectivity index (χ1) is 13.6. The summed E-state index contributed by atoms with van der Waals surface area (Å²) in [6, 6.07) is 13.5. The Morgan fingerprint density at radius 2 is 2.04 bits per heavy atom. The molecule has 1 aliphatic rings. The summed E-state index contributed by atoms with van der Waals surface area (Å²) in [6.07, 6.45) is 6.44. The molecule has 1 aliphatic carbocycles. The van der Waals surface area contributed by atoms with Crippen molar-refractivity contribution in [3.63, 3.8) is 0 Å². The summed E-state index contributed by atoms with van der Waals surface area (Å²) >= 11 is 3.35. The number of phenols is 1. The fraction of sp³-hybridized carbons (Fsp3) is 0.273. The first-order valence-electron chi connectivity index (χ1n) is 9.53. The van der Waals surface area contributed by atoms with Gasteiger partial charge in [0.2, 0.25) is 5.91 Å². The Morgan fingerprint density at radius 1 is 1.21 bits per heavy atom. The molecule has 144 valence electrons. The molecule has 1 amide bonds. The summed E-state index contributed by atoms with van der Waals surface area (Å²) in [5.74, 6) is -0.0280. The van der Waals surface area contributed by atoms with E-state index in [0.717, 1.165) is 17.3 Å². The molecule has 3 aromatic rings. The highest BCUT2D eigenvalue weighted by molar-refractivity contribution is 9.10. The van der Waals surface area contributed by atoms with Crippen LogP contribution in [0.15, 0.2) is 52.0 Å². The number of hydrogen-bond acceptors (Lipinski definition) is 3. The fourth-order valence-electron chi connectivity index (χ4n) is 3.91. The second-order valence-corrected chi connectivity index (χ2v) is 7.96. The molecular weight excluding hydrogens is 418 g/mol. The van der Waals surface area contributed by atoms with Gasteiger partial charge in [-0.25, -0.2) is 5.43 Å². The molecule has 0 radical (unpaired) electrons. The fourth-order valence-corrected chi connectivity index (χ4v) is 4.29. The Labute approximate surface area is 172 Å². The van der Waals surface area contributed by atoms with Crippen molar-refractivity contribution in [1.82, 2.24) is 9.99 Å². The number of hydrazone groups is 1. The topological polar surface area (TPSA) is 66.6 Å². The number of fused-ring (bicyclic) bond motifs is 3. The van der Waals surface area contributed by atoms with Crippen molar-refractivity contribution in [2.45, 2.75) is 38.6 Å². The second kappa shape index (κ2) is 8.19. The van der Waals surface area contributed by atoms with Gasteiger partial charge in [-0.1, -0.05) is 34.1 Å². The monoisotopic (exact) mass is 439 g/mol. The van der Waals surface area contributed by atoms with Gasteiger partial charge >= 0.3 is 0 Å². The van der Waals surface area contributed by atoms with Crippen LogP contribution in [0.4, 0.5) is 0 Å². The van der Waals surface area contributed by atoms with Crippen LogP contribution in [0.2, 0.25) is 0 Å². The predicted octanol–water partition coefficient (Wildman–Crippen LogP) is 4.53. The van der Waals surface area contributed by atoms with Crippen LogP contribution < -0.4 is 5.43 Å². The molecule has 2 aromatic carbocycles. The summed E-state index contributed by atoms with van der Waals surface area (Å²) in [5, 5.41) is 15.1. The summed E-state index contributed by atoms with van der Waals surface area (Å²) in [5.41, 5.74) is 7.14. The number of nitrogens with one attached hydrogen (secondary N) is 1. The van der Waals surface area contributed by atoms with E-state index in [-0.39, 0.29) is 11.7 Å². The molecule has 0 unspecified atom stereocenters. The third kappa shape index (κ3) is 3.83. The third-order valence-corrected chi connectivity index (χ3v) is 5.72. The molecule has 0 saturated carbocycles. The van der Waals surface area contributed by atoms with Gasteiger partial charge in [-0.05, 0) is 55.5 Å². The maximum absolute atomic E-state index is 12.3. The van der Waals surface area contributed by atoms with Crippen molar-refractivity contribution in [2.75, 3.05) is 0 Å². The van der Waals surface area contributed by atoms with Crippen LogP contribution in [0, 0.1) is 0 Å². The zero-order valence-electron chi connectivity index (χ0n) is 15.5. The maximum Gasteiger partial charge on any atom is 0.241 e. The molecule has 6 heteroatoms. The number of aromatic hydroxyl groups is 1. The lowest BCUT2D eigenvalue weighted by atomic mass is 9.95. The quantitative estimate of drug-likeness (QED) is 0.452. The number of rotatable bonds is 5. The van der Waals surface area contributed by atoms with Crippen molar-refractivity contribution in [1.29, 1.82) is 0 Å². The standard InChI is InChI=1S/C22H22BrN3O2/c23-16-9-10-21(27)15(13-16)14-24-25-22(28)11-12-26-19-7-3-1-5-17(19)18-6-2-4-8-20(18)26/h1,3,5,7,9-10,13-14,27H,2,4,6,8,11-12H2,(H,25,28)/b24-14-. The number of para-hydroxylation sites is 1. The van der Waals surface area contributed by atoms with Crippen molar-refractivity contribution >= 4 is 39.0 Å². The molecule has 5 nitrogen and oxygen atoms in total. The number of hydrogen-bond donors (Lipinski definition) is 2. The van der Waals surface area contributed by atoms with E-state index in [0.29, 0.717) is 18.5 Å². The number of aromatic nitrogens is 1. The van der Waals surface area contributed by atoms with Crippen LogP contribution in [0.1, 0.15) is 36.1 Å². The summed E-state index contributed by atoms with van der Waals surface area (Å²) in [7, 11) is 0. The molecule has 4 rings (SSSR count). The van der Waals surface area contributed by atoms with E-state index in [1.54, 1.807) is 18.2 Å². The number of aryl methyl sites for hydroxylation is 2. The van der Waals surface area contributed by atoms with E-state index < -0.39 is 0 Å². The van der Waals surface area contributed by atoms with Crippen LogP contribution >= 0.6 is 15.9 Å². The van der Waals surface area contributed by atoms with Gasteiger partial charge in [-0.2, -0.15) is 5.10 Å². The lowest BCUT2D eigenvalue weighted by Gasteiger charge is -2.15. The highest BCUT2D eigenvalue weighted by Gasteiger charge is 2.19. The first-order valence-corrected chi connectivity index (χ1v) is 10.3. The number of carbonyl (C=O) groups excluding carboxylic acids is 1. The average molecular weight is 440 g/mol. The van der Waals surface area contributed by atoms with E-state index in [1.165, 1.54) is 41.2 Å². The third-order valence-electron chi connectivity index (χ3n) is 5.23. The van der Waals surface area contributed by atoms with Gasteiger partial charge in [0.25, 0.3) is 0 Å². The second-order valence-electron chi connectivity index (χ2n) is 7.05. The molecule has 0 atom stereocenters. The summed E-state index contributed by atoms with van der Waals surface area (Å²) in [6.45, 7) is 0.638. The molecular formula is C22H22BrN3O2. The van der Waals surface area contributed by atoms with E-state index >= 15 is 0 Å². The first kappa shape index (κ1) is 18.7. The Balaban J connectivity index is 1.44. The lowest BCUT2D eigenvalue weighted by molar-refractivity contribution is -0.121. The molecule has 0 saturated heterocycles. The normalized spacial score (nSPS) is 13.8. The van der Waals surface area contributed by atoms with E-state index in [9.17, 15) is 9.90 Å². The van der Waals surface area contributed by atoms with Crippen molar-refractivity contribution in [3.8, 4) is 5.75 Å². The average Bonchev–Trinajstić information content (AvgIpc) is 3.03. The van der Waals surface area contributed by atoms with E-state index in [2.05, 4.69) is 55.3 Å². The van der Waals surface area contributed by atoms with Crippen LogP contribution in [0.5, 0.6) is 5.75 Å². The zero-order valence-corrected chi connectivity index (χ0v) is 17.1. The van der Waals surface area contributed by atoms with Crippen LogP contribution in [-0.2, 0) is 24.2 Å². The summed E-state index contributed by atoms with van der Waals surface area (Å²) in [4.78, 5) is 12.3. The van der Waals surface area contributed by atoms with Crippen LogP contribution in [-0.4, -0.2) is 21.8 Å². The van der Waals surface area contributed by atoms with E-state index in [1.807, 2.05) is 0 Å². The number of nitrogens with zero attached hydrogens (tertiary/aromatic N) is 2. The zero-order chi connectivity index (χ0) is 19.5. The van der Waals surface area contributed by atoms with Gasteiger partial charge in [-0.3, -0.25) is 4.79 Å². The highest BCUT2D eigenvalue weighted by atomic mass is 79.9. The summed E-state index contributed by atoms with van der Waals surface area (Å²) < 4.78 is 3.13. The number of amides is 1. The molecule has 0 spiro atoms. The maximum atomic E-state index is 12.3. The molecule has 0 bridgehead atoms. The number of benzene rings is 2. The predicted molar refractivity (Wildman–Crippen MR) is 115 cm³/mol. The van der Waals surface area contributed by atoms with Crippen LogP contribution in [0.3, 0.4) is 0 Å². The smallest absolute Gasteiger partial charge is 0.241 e. The minimum absolute atomic E-state index is 0.117. The minimum Gasteiger partial charge on any atom is -0.507 e. The lowest BCUT2D eigenvalue weighted by Crippen LogP contribution is -2.20. The van der Waals surface area contributed by atoms with Gasteiger partial charge < -0.3 is 9.67 Å². The molecule has 28 heavy (non-hydrogen) atoms.